The molecule has 2 rings (SSSR count). The van der Waals surface area contributed by atoms with Gasteiger partial charge in [0.1, 0.15) is 6.07 Å². The molecule has 0 unspecified atom stereocenters. The number of halogens is 1. The van der Waals surface area contributed by atoms with Crippen molar-refractivity contribution in [2.24, 2.45) is 0 Å². The summed E-state index contributed by atoms with van der Waals surface area (Å²) in [4.78, 5) is 0. The fraction of sp³-hybridized carbons (Fsp3) is 0.0909. The van der Waals surface area contributed by atoms with Gasteiger partial charge in [-0.15, -0.1) is 0 Å². The second-order valence-corrected chi connectivity index (χ2v) is 4.03. The molecule has 0 aliphatic rings. The van der Waals surface area contributed by atoms with E-state index in [1.165, 1.54) is 0 Å². The molecule has 74 valence electrons. The van der Waals surface area contributed by atoms with E-state index in [1.807, 2.05) is 31.3 Å². The van der Waals surface area contributed by atoms with Crippen LogP contribution in [0, 0.1) is 18.3 Å². The van der Waals surface area contributed by atoms with Crippen LogP contribution in [0.15, 0.2) is 34.9 Å². The molecule has 4 heteroatoms. The van der Waals surface area contributed by atoms with Gasteiger partial charge in [-0.05, 0) is 47.1 Å². The molecule has 1 aromatic heterocycles. The molecule has 0 atom stereocenters. The molecule has 1 aromatic carbocycles. The predicted molar refractivity (Wildman–Crippen MR) is 60.7 cm³/mol. The van der Waals surface area contributed by atoms with E-state index < -0.39 is 0 Å². The van der Waals surface area contributed by atoms with Crippen molar-refractivity contribution in [3.8, 4) is 11.8 Å². The summed E-state index contributed by atoms with van der Waals surface area (Å²) in [5, 5.41) is 13.1. The molecule has 2 aromatic rings. The van der Waals surface area contributed by atoms with Gasteiger partial charge in [0.25, 0.3) is 0 Å². The topological polar surface area (TPSA) is 41.6 Å². The third-order valence-electron chi connectivity index (χ3n) is 2.06. The molecule has 0 N–H and O–H groups in total. The van der Waals surface area contributed by atoms with Gasteiger partial charge in [-0.3, -0.25) is 0 Å². The Morgan fingerprint density at radius 2 is 2.20 bits per heavy atom. The maximum absolute atomic E-state index is 8.78. The minimum Gasteiger partial charge on any atom is -0.241 e. The van der Waals surface area contributed by atoms with Crippen molar-refractivity contribution in [2.45, 2.75) is 6.92 Å². The standard InChI is InChI=1S/C11H8BrN3/c1-8-4-5-15(14-8)10-3-2-9(7-13)11(12)6-10/h2-6H,1H3. The summed E-state index contributed by atoms with van der Waals surface area (Å²) in [5.74, 6) is 0. The van der Waals surface area contributed by atoms with Crippen molar-refractivity contribution in [3.63, 3.8) is 0 Å². The first-order valence-corrected chi connectivity index (χ1v) is 5.22. The van der Waals surface area contributed by atoms with Gasteiger partial charge in [0.05, 0.1) is 16.9 Å². The largest absolute Gasteiger partial charge is 0.241 e. The van der Waals surface area contributed by atoms with E-state index in [4.69, 9.17) is 5.26 Å². The summed E-state index contributed by atoms with van der Waals surface area (Å²) in [5.41, 5.74) is 2.53. The third kappa shape index (κ3) is 1.92. The van der Waals surface area contributed by atoms with Crippen LogP contribution in [-0.4, -0.2) is 9.78 Å². The molecule has 0 spiro atoms. The highest BCUT2D eigenvalue weighted by molar-refractivity contribution is 9.10. The van der Waals surface area contributed by atoms with Gasteiger partial charge >= 0.3 is 0 Å². The monoisotopic (exact) mass is 261 g/mol. The van der Waals surface area contributed by atoms with Crippen molar-refractivity contribution in [1.29, 1.82) is 5.26 Å². The zero-order valence-corrected chi connectivity index (χ0v) is 9.69. The van der Waals surface area contributed by atoms with Crippen LogP contribution in [0.1, 0.15) is 11.3 Å². The summed E-state index contributed by atoms with van der Waals surface area (Å²) >= 11 is 3.35. The third-order valence-corrected chi connectivity index (χ3v) is 2.72. The van der Waals surface area contributed by atoms with Crippen molar-refractivity contribution in [3.05, 3.63) is 46.2 Å². The zero-order chi connectivity index (χ0) is 10.8. The lowest BCUT2D eigenvalue weighted by Crippen LogP contribution is -1.95. The number of nitriles is 1. The maximum Gasteiger partial charge on any atom is 0.100 e. The van der Waals surface area contributed by atoms with Gasteiger partial charge in [-0.2, -0.15) is 10.4 Å². The number of aromatic nitrogens is 2. The fourth-order valence-corrected chi connectivity index (χ4v) is 1.75. The van der Waals surface area contributed by atoms with Crippen LogP contribution in [0.3, 0.4) is 0 Å². The van der Waals surface area contributed by atoms with Crippen molar-refractivity contribution >= 4 is 15.9 Å². The van der Waals surface area contributed by atoms with E-state index in [0.717, 1.165) is 15.9 Å². The highest BCUT2D eigenvalue weighted by Gasteiger charge is 2.02. The number of hydrogen-bond donors (Lipinski definition) is 0. The van der Waals surface area contributed by atoms with Gasteiger partial charge in [-0.1, -0.05) is 0 Å². The summed E-state index contributed by atoms with van der Waals surface area (Å²) in [7, 11) is 0. The first kappa shape index (κ1) is 9.94. The van der Waals surface area contributed by atoms with Gasteiger partial charge in [0.15, 0.2) is 0 Å². The second kappa shape index (κ2) is 3.87. The number of rotatable bonds is 1. The Morgan fingerprint density at radius 3 is 2.73 bits per heavy atom. The summed E-state index contributed by atoms with van der Waals surface area (Å²) in [6, 6.07) is 9.56. The molecule has 0 bridgehead atoms. The lowest BCUT2D eigenvalue weighted by molar-refractivity contribution is 0.862. The van der Waals surface area contributed by atoms with Crippen molar-refractivity contribution < 1.29 is 0 Å². The van der Waals surface area contributed by atoms with Gasteiger partial charge in [-0.25, -0.2) is 4.68 Å². The fourth-order valence-electron chi connectivity index (χ4n) is 1.30. The molecule has 1 heterocycles. The average Bonchev–Trinajstić information content (AvgIpc) is 2.65. The normalized spacial score (nSPS) is 9.93. The highest BCUT2D eigenvalue weighted by atomic mass is 79.9. The van der Waals surface area contributed by atoms with Crippen LogP contribution in [0.25, 0.3) is 5.69 Å². The van der Waals surface area contributed by atoms with Crippen LogP contribution in [0.2, 0.25) is 0 Å². The molecule has 0 amide bonds. The molecular formula is C11H8BrN3. The van der Waals surface area contributed by atoms with E-state index >= 15 is 0 Å². The van der Waals surface area contributed by atoms with Gasteiger partial charge < -0.3 is 0 Å². The van der Waals surface area contributed by atoms with E-state index in [1.54, 1.807) is 10.7 Å². The summed E-state index contributed by atoms with van der Waals surface area (Å²) < 4.78 is 2.57. The van der Waals surface area contributed by atoms with Gasteiger partial charge in [0.2, 0.25) is 0 Å². The smallest absolute Gasteiger partial charge is 0.100 e. The Bertz CT molecular complexity index is 537. The molecule has 0 saturated carbocycles. The number of aryl methyl sites for hydroxylation is 1. The van der Waals surface area contributed by atoms with Crippen molar-refractivity contribution in [1.82, 2.24) is 9.78 Å². The SMILES string of the molecule is Cc1ccn(-c2ccc(C#N)c(Br)c2)n1. The van der Waals surface area contributed by atoms with E-state index in [2.05, 4.69) is 27.1 Å². The molecule has 0 saturated heterocycles. The quantitative estimate of drug-likeness (QED) is 0.792. The predicted octanol–water partition coefficient (Wildman–Crippen LogP) is 2.81. The van der Waals surface area contributed by atoms with Crippen LogP contribution in [0.4, 0.5) is 0 Å². The van der Waals surface area contributed by atoms with E-state index in [9.17, 15) is 0 Å². The highest BCUT2D eigenvalue weighted by Crippen LogP contribution is 2.19. The first-order valence-electron chi connectivity index (χ1n) is 4.43. The molecular weight excluding hydrogens is 254 g/mol. The van der Waals surface area contributed by atoms with Crippen LogP contribution >= 0.6 is 15.9 Å². The number of hydrogen-bond acceptors (Lipinski definition) is 2. The Morgan fingerprint density at radius 1 is 1.40 bits per heavy atom. The molecule has 15 heavy (non-hydrogen) atoms. The minimum atomic E-state index is 0.627. The van der Waals surface area contributed by atoms with Crippen LogP contribution < -0.4 is 0 Å². The Balaban J connectivity index is 2.48. The minimum absolute atomic E-state index is 0.627. The molecule has 0 fully saturated rings. The molecule has 0 radical (unpaired) electrons. The van der Waals surface area contributed by atoms with E-state index in [0.29, 0.717) is 5.56 Å². The number of nitrogens with zero attached hydrogens (tertiary/aromatic N) is 3. The number of benzene rings is 1. The molecule has 0 aliphatic carbocycles. The van der Waals surface area contributed by atoms with E-state index in [-0.39, 0.29) is 0 Å². The lowest BCUT2D eigenvalue weighted by Gasteiger charge is -2.02. The first-order chi connectivity index (χ1) is 7.20. The zero-order valence-electron chi connectivity index (χ0n) is 8.11. The Kier molecular flexibility index (Phi) is 2.57. The maximum atomic E-state index is 8.78. The Hall–Kier alpha value is -1.60. The summed E-state index contributed by atoms with van der Waals surface area (Å²) in [6.45, 7) is 1.94. The van der Waals surface area contributed by atoms with Crippen LogP contribution in [-0.2, 0) is 0 Å². The summed E-state index contributed by atoms with van der Waals surface area (Å²) in [6.07, 6.45) is 1.89. The Labute approximate surface area is 96.1 Å². The molecule has 0 aliphatic heterocycles. The van der Waals surface area contributed by atoms with Gasteiger partial charge in [0, 0.05) is 10.7 Å². The average molecular weight is 262 g/mol. The lowest BCUT2D eigenvalue weighted by atomic mass is 10.2. The van der Waals surface area contributed by atoms with Crippen molar-refractivity contribution in [2.75, 3.05) is 0 Å². The molecule has 3 nitrogen and oxygen atoms in total. The van der Waals surface area contributed by atoms with Crippen LogP contribution in [0.5, 0.6) is 0 Å². The second-order valence-electron chi connectivity index (χ2n) is 3.18.